The minimum Gasteiger partial charge on any atom is -0.335 e. The normalized spacial score (nSPS) is 12.0. The first kappa shape index (κ1) is 16.0. The Hall–Kier alpha value is -2.37. The van der Waals surface area contributed by atoms with Gasteiger partial charge in [0, 0.05) is 25.3 Å². The average Bonchev–Trinajstić information content (AvgIpc) is 2.97. The van der Waals surface area contributed by atoms with Crippen LogP contribution >= 0.6 is 0 Å². The third-order valence-electron chi connectivity index (χ3n) is 3.65. The fraction of sp³-hybridized carbons (Fsp3) is 0.438. The van der Waals surface area contributed by atoms with E-state index in [0.717, 1.165) is 24.2 Å². The maximum absolute atomic E-state index is 12.3. The van der Waals surface area contributed by atoms with E-state index in [1.165, 1.54) is 11.9 Å². The Morgan fingerprint density at radius 1 is 1.41 bits per heavy atom. The summed E-state index contributed by atoms with van der Waals surface area (Å²) in [6, 6.07) is 6.03. The molecule has 1 heterocycles. The van der Waals surface area contributed by atoms with Gasteiger partial charge in [0.05, 0.1) is 0 Å². The molecule has 6 heteroatoms. The topological polar surface area (TPSA) is 63.1 Å². The summed E-state index contributed by atoms with van der Waals surface area (Å²) in [6.45, 7) is 6.78. The molecule has 0 bridgehead atoms. The van der Waals surface area contributed by atoms with Crippen LogP contribution in [0.2, 0.25) is 0 Å². The SMILES string of the molecule is Cc1ccc(N(C)C(=O)N[C@@H](C)CCn2cncn2)c(C)c1. The molecular weight excluding hydrogens is 278 g/mol. The van der Waals surface area contributed by atoms with Gasteiger partial charge in [-0.15, -0.1) is 0 Å². The molecule has 118 valence electrons. The summed E-state index contributed by atoms with van der Waals surface area (Å²) in [5.74, 6) is 0. The van der Waals surface area contributed by atoms with E-state index in [2.05, 4.69) is 21.5 Å². The summed E-state index contributed by atoms with van der Waals surface area (Å²) >= 11 is 0. The van der Waals surface area contributed by atoms with Crippen molar-refractivity contribution in [3.05, 3.63) is 42.0 Å². The number of urea groups is 1. The van der Waals surface area contributed by atoms with Crippen LogP contribution in [0.15, 0.2) is 30.9 Å². The molecule has 0 saturated heterocycles. The van der Waals surface area contributed by atoms with Gasteiger partial charge in [0.15, 0.2) is 0 Å². The molecule has 2 rings (SSSR count). The number of hydrogen-bond donors (Lipinski definition) is 1. The van der Waals surface area contributed by atoms with E-state index >= 15 is 0 Å². The molecule has 1 N–H and O–H groups in total. The second kappa shape index (κ2) is 7.06. The maximum atomic E-state index is 12.3. The predicted molar refractivity (Wildman–Crippen MR) is 87.0 cm³/mol. The van der Waals surface area contributed by atoms with Crippen LogP contribution in [-0.4, -0.2) is 33.9 Å². The van der Waals surface area contributed by atoms with Gasteiger partial charge in [-0.05, 0) is 38.8 Å². The van der Waals surface area contributed by atoms with Gasteiger partial charge in [0.25, 0.3) is 0 Å². The van der Waals surface area contributed by atoms with Gasteiger partial charge in [0.2, 0.25) is 0 Å². The number of benzene rings is 1. The highest BCUT2D eigenvalue weighted by Crippen LogP contribution is 2.20. The van der Waals surface area contributed by atoms with Crippen LogP contribution in [0.4, 0.5) is 10.5 Å². The summed E-state index contributed by atoms with van der Waals surface area (Å²) in [7, 11) is 1.79. The van der Waals surface area contributed by atoms with Crippen molar-refractivity contribution in [1.82, 2.24) is 20.1 Å². The van der Waals surface area contributed by atoms with Crippen LogP contribution in [0.5, 0.6) is 0 Å². The zero-order valence-corrected chi connectivity index (χ0v) is 13.6. The largest absolute Gasteiger partial charge is 0.335 e. The van der Waals surface area contributed by atoms with Gasteiger partial charge in [-0.2, -0.15) is 5.10 Å². The molecule has 0 aliphatic heterocycles. The summed E-state index contributed by atoms with van der Waals surface area (Å²) in [6.07, 6.45) is 3.99. The van der Waals surface area contributed by atoms with E-state index in [1.54, 1.807) is 23.0 Å². The third kappa shape index (κ3) is 4.07. The van der Waals surface area contributed by atoms with Crippen LogP contribution in [-0.2, 0) is 6.54 Å². The number of carbonyl (C=O) groups is 1. The van der Waals surface area contributed by atoms with Crippen molar-refractivity contribution < 1.29 is 4.79 Å². The molecule has 0 unspecified atom stereocenters. The Labute approximate surface area is 131 Å². The van der Waals surface area contributed by atoms with Crippen molar-refractivity contribution in [3.8, 4) is 0 Å². The number of carbonyl (C=O) groups excluding carboxylic acids is 1. The fourth-order valence-corrected chi connectivity index (χ4v) is 2.35. The number of rotatable bonds is 5. The first-order valence-corrected chi connectivity index (χ1v) is 7.41. The van der Waals surface area contributed by atoms with Crippen molar-refractivity contribution in [3.63, 3.8) is 0 Å². The van der Waals surface area contributed by atoms with Crippen molar-refractivity contribution >= 4 is 11.7 Å². The van der Waals surface area contributed by atoms with Crippen LogP contribution in [0.25, 0.3) is 0 Å². The number of hydrogen-bond acceptors (Lipinski definition) is 3. The molecular formula is C16H23N5O. The van der Waals surface area contributed by atoms with E-state index in [9.17, 15) is 4.79 Å². The Morgan fingerprint density at radius 3 is 2.82 bits per heavy atom. The number of anilines is 1. The fourth-order valence-electron chi connectivity index (χ4n) is 2.35. The number of aryl methyl sites for hydroxylation is 3. The molecule has 0 aliphatic rings. The first-order chi connectivity index (χ1) is 10.5. The number of amides is 2. The Bertz CT molecular complexity index is 623. The van der Waals surface area contributed by atoms with Crippen LogP contribution in [0.3, 0.4) is 0 Å². The molecule has 0 spiro atoms. The standard InChI is InChI=1S/C16H23N5O/c1-12-5-6-15(13(2)9-12)20(4)16(22)19-14(3)7-8-21-11-17-10-18-21/h5-6,9-11,14H,7-8H2,1-4H3,(H,19,22)/t14-/m0/s1. The molecule has 0 aliphatic carbocycles. The molecule has 1 aromatic carbocycles. The second-order valence-corrected chi connectivity index (χ2v) is 5.65. The monoisotopic (exact) mass is 301 g/mol. The van der Waals surface area contributed by atoms with E-state index in [0.29, 0.717) is 0 Å². The minimum atomic E-state index is -0.0990. The quantitative estimate of drug-likeness (QED) is 0.923. The predicted octanol–water partition coefficient (Wildman–Crippen LogP) is 2.52. The molecule has 0 radical (unpaired) electrons. The van der Waals surface area contributed by atoms with Gasteiger partial charge in [-0.25, -0.2) is 9.78 Å². The summed E-state index contributed by atoms with van der Waals surface area (Å²) in [4.78, 5) is 17.9. The first-order valence-electron chi connectivity index (χ1n) is 7.41. The number of aromatic nitrogens is 3. The molecule has 6 nitrogen and oxygen atoms in total. The number of nitrogens with zero attached hydrogens (tertiary/aromatic N) is 4. The lowest BCUT2D eigenvalue weighted by Crippen LogP contribution is -2.42. The maximum Gasteiger partial charge on any atom is 0.321 e. The van der Waals surface area contributed by atoms with Gasteiger partial charge < -0.3 is 5.32 Å². The second-order valence-electron chi connectivity index (χ2n) is 5.65. The van der Waals surface area contributed by atoms with E-state index < -0.39 is 0 Å². The summed E-state index contributed by atoms with van der Waals surface area (Å²) < 4.78 is 1.76. The van der Waals surface area contributed by atoms with Crippen molar-refractivity contribution in [1.29, 1.82) is 0 Å². The molecule has 2 aromatic rings. The van der Waals surface area contributed by atoms with Crippen molar-refractivity contribution in [2.24, 2.45) is 0 Å². The highest BCUT2D eigenvalue weighted by molar-refractivity contribution is 5.92. The number of nitrogens with one attached hydrogen (secondary N) is 1. The Morgan fingerprint density at radius 2 is 2.18 bits per heavy atom. The molecule has 1 atom stereocenters. The zero-order chi connectivity index (χ0) is 16.1. The summed E-state index contributed by atoms with van der Waals surface area (Å²) in [5, 5.41) is 7.06. The summed E-state index contributed by atoms with van der Waals surface area (Å²) in [5.41, 5.74) is 3.20. The average molecular weight is 301 g/mol. The van der Waals surface area contributed by atoms with Gasteiger partial charge >= 0.3 is 6.03 Å². The van der Waals surface area contributed by atoms with E-state index in [1.807, 2.05) is 32.9 Å². The molecule has 1 aromatic heterocycles. The Balaban J connectivity index is 1.90. The van der Waals surface area contributed by atoms with Crippen molar-refractivity contribution in [2.75, 3.05) is 11.9 Å². The third-order valence-corrected chi connectivity index (χ3v) is 3.65. The van der Waals surface area contributed by atoms with Crippen LogP contribution < -0.4 is 10.2 Å². The van der Waals surface area contributed by atoms with Gasteiger partial charge in [-0.1, -0.05) is 17.7 Å². The highest BCUT2D eigenvalue weighted by Gasteiger charge is 2.15. The van der Waals surface area contributed by atoms with Crippen LogP contribution in [0.1, 0.15) is 24.5 Å². The van der Waals surface area contributed by atoms with E-state index in [-0.39, 0.29) is 12.1 Å². The van der Waals surface area contributed by atoms with E-state index in [4.69, 9.17) is 0 Å². The smallest absolute Gasteiger partial charge is 0.321 e. The highest BCUT2D eigenvalue weighted by atomic mass is 16.2. The zero-order valence-electron chi connectivity index (χ0n) is 13.6. The van der Waals surface area contributed by atoms with Gasteiger partial charge in [0.1, 0.15) is 12.7 Å². The Kier molecular flexibility index (Phi) is 5.14. The molecule has 2 amide bonds. The minimum absolute atomic E-state index is 0.0601. The lowest BCUT2D eigenvalue weighted by Gasteiger charge is -2.23. The van der Waals surface area contributed by atoms with Crippen LogP contribution in [0, 0.1) is 13.8 Å². The molecule has 22 heavy (non-hydrogen) atoms. The molecule has 0 saturated carbocycles. The molecule has 0 fully saturated rings. The lowest BCUT2D eigenvalue weighted by atomic mass is 10.1. The lowest BCUT2D eigenvalue weighted by molar-refractivity contribution is 0.243. The van der Waals surface area contributed by atoms with Gasteiger partial charge in [-0.3, -0.25) is 9.58 Å². The van der Waals surface area contributed by atoms with Crippen molar-refractivity contribution in [2.45, 2.75) is 39.8 Å².